The van der Waals surface area contributed by atoms with Crippen LogP contribution in [-0.4, -0.2) is 38.1 Å². The summed E-state index contributed by atoms with van der Waals surface area (Å²) >= 11 is 0. The Bertz CT molecular complexity index is 225. The zero-order valence-electron chi connectivity index (χ0n) is 7.52. The van der Waals surface area contributed by atoms with Gasteiger partial charge >= 0.3 is 6.05 Å². The SMILES string of the molecule is [B]/C=C(\F)C(F)C(F)(F)N1CCCC1. The van der Waals surface area contributed by atoms with Crippen molar-refractivity contribution in [2.45, 2.75) is 25.1 Å². The number of nitrogens with zero attached hydrogens (tertiary/aromatic N) is 1. The van der Waals surface area contributed by atoms with E-state index in [0.29, 0.717) is 17.7 Å². The van der Waals surface area contributed by atoms with Gasteiger partial charge in [0.15, 0.2) is 0 Å². The topological polar surface area (TPSA) is 3.24 Å². The van der Waals surface area contributed by atoms with Gasteiger partial charge in [0.05, 0.1) is 0 Å². The molecule has 1 aliphatic rings. The number of alkyl halides is 3. The Morgan fingerprint density at radius 3 is 2.29 bits per heavy atom. The van der Waals surface area contributed by atoms with Gasteiger partial charge in [-0.25, -0.2) is 13.7 Å². The van der Waals surface area contributed by atoms with Crippen molar-refractivity contribution in [3.63, 3.8) is 0 Å². The zero-order valence-corrected chi connectivity index (χ0v) is 7.52. The predicted octanol–water partition coefficient (Wildman–Crippen LogP) is 1.99. The van der Waals surface area contributed by atoms with E-state index in [-0.39, 0.29) is 19.1 Å². The van der Waals surface area contributed by atoms with Crippen LogP contribution in [0, 0.1) is 0 Å². The number of halogens is 4. The molecule has 0 N–H and O–H groups in total. The molecule has 1 rings (SSSR count). The highest BCUT2D eigenvalue weighted by Gasteiger charge is 2.48. The van der Waals surface area contributed by atoms with Crippen LogP contribution in [0.3, 0.4) is 0 Å². The van der Waals surface area contributed by atoms with Gasteiger partial charge in [-0.3, -0.25) is 0 Å². The van der Waals surface area contributed by atoms with Gasteiger partial charge in [-0.1, -0.05) is 5.98 Å². The molecule has 0 aromatic carbocycles. The van der Waals surface area contributed by atoms with E-state index in [1.165, 1.54) is 0 Å². The molecule has 0 aromatic rings. The molecule has 0 spiro atoms. The Morgan fingerprint density at radius 2 is 1.86 bits per heavy atom. The number of rotatable bonds is 3. The molecule has 1 saturated heterocycles. The molecule has 6 heteroatoms. The first-order valence-electron chi connectivity index (χ1n) is 4.34. The molecule has 0 bridgehead atoms. The van der Waals surface area contributed by atoms with Gasteiger partial charge in [-0.2, -0.15) is 8.78 Å². The minimum atomic E-state index is -3.80. The highest BCUT2D eigenvalue weighted by molar-refractivity contribution is 6.17. The Morgan fingerprint density at radius 1 is 1.36 bits per heavy atom. The maximum absolute atomic E-state index is 13.2. The summed E-state index contributed by atoms with van der Waals surface area (Å²) in [5.41, 5.74) is 0. The lowest BCUT2D eigenvalue weighted by atomic mass is 10.1. The van der Waals surface area contributed by atoms with Crippen LogP contribution in [0.2, 0.25) is 0 Å². The maximum atomic E-state index is 13.2. The van der Waals surface area contributed by atoms with E-state index >= 15 is 0 Å². The van der Waals surface area contributed by atoms with Crippen LogP contribution >= 0.6 is 0 Å². The van der Waals surface area contributed by atoms with Crippen molar-refractivity contribution in [3.8, 4) is 0 Å². The molecule has 1 aliphatic heterocycles. The van der Waals surface area contributed by atoms with Crippen molar-refractivity contribution >= 4 is 7.85 Å². The first-order valence-corrected chi connectivity index (χ1v) is 4.34. The van der Waals surface area contributed by atoms with Crippen molar-refractivity contribution < 1.29 is 17.6 Å². The Labute approximate surface area is 81.2 Å². The monoisotopic (exact) mass is 207 g/mol. The Hall–Kier alpha value is -0.515. The van der Waals surface area contributed by atoms with Crippen molar-refractivity contribution in [2.75, 3.05) is 13.1 Å². The van der Waals surface area contributed by atoms with Crippen LogP contribution in [0.25, 0.3) is 0 Å². The second-order valence-corrected chi connectivity index (χ2v) is 3.20. The van der Waals surface area contributed by atoms with Crippen LogP contribution in [0.5, 0.6) is 0 Å². The van der Waals surface area contributed by atoms with Gasteiger partial charge in [-0.15, -0.1) is 0 Å². The minimum Gasteiger partial charge on any atom is -0.242 e. The zero-order chi connectivity index (χ0) is 10.8. The third kappa shape index (κ3) is 2.11. The standard InChI is InChI=1S/C8H10BF4N/c9-5-6(10)7(11)8(12,13)14-3-1-2-4-14/h5,7H,1-4H2/b6-5-. The smallest absolute Gasteiger partial charge is 0.242 e. The lowest BCUT2D eigenvalue weighted by Gasteiger charge is -2.28. The first-order chi connectivity index (χ1) is 6.50. The highest BCUT2D eigenvalue weighted by atomic mass is 19.3. The van der Waals surface area contributed by atoms with Gasteiger partial charge in [0.25, 0.3) is 0 Å². The summed E-state index contributed by atoms with van der Waals surface area (Å²) in [6.07, 6.45) is -1.81. The normalized spacial score (nSPS) is 22.7. The third-order valence-electron chi connectivity index (χ3n) is 2.23. The molecular weight excluding hydrogens is 197 g/mol. The molecule has 1 atom stereocenters. The summed E-state index contributed by atoms with van der Waals surface area (Å²) in [7, 11) is 4.64. The quantitative estimate of drug-likeness (QED) is 0.388. The summed E-state index contributed by atoms with van der Waals surface area (Å²) in [6.45, 7) is 0.177. The molecule has 78 valence electrons. The van der Waals surface area contributed by atoms with E-state index in [2.05, 4.69) is 7.85 Å². The van der Waals surface area contributed by atoms with E-state index in [4.69, 9.17) is 0 Å². The summed E-state index contributed by atoms with van der Waals surface area (Å²) in [5.74, 6) is -1.39. The predicted molar refractivity (Wildman–Crippen MR) is 45.6 cm³/mol. The lowest BCUT2D eigenvalue weighted by Crippen LogP contribution is -2.47. The molecule has 0 aromatic heterocycles. The van der Waals surface area contributed by atoms with E-state index in [0.717, 1.165) is 0 Å². The Kier molecular flexibility index (Phi) is 3.58. The lowest BCUT2D eigenvalue weighted by molar-refractivity contribution is -0.177. The fourth-order valence-electron chi connectivity index (χ4n) is 1.43. The Balaban J connectivity index is 2.72. The number of hydrogen-bond donors (Lipinski definition) is 0. The van der Waals surface area contributed by atoms with Crippen LogP contribution in [0.1, 0.15) is 12.8 Å². The second kappa shape index (κ2) is 4.34. The minimum absolute atomic E-state index is 0.0886. The fraction of sp³-hybridized carbons (Fsp3) is 0.750. The highest BCUT2D eigenvalue weighted by Crippen LogP contribution is 2.33. The van der Waals surface area contributed by atoms with Crippen molar-refractivity contribution in [1.82, 2.24) is 4.90 Å². The summed E-state index contributed by atoms with van der Waals surface area (Å²) in [4.78, 5) is 0.640. The molecule has 1 unspecified atom stereocenters. The average Bonchev–Trinajstić information content (AvgIpc) is 2.68. The van der Waals surface area contributed by atoms with Crippen molar-refractivity contribution in [3.05, 3.63) is 11.8 Å². The van der Waals surface area contributed by atoms with Crippen LogP contribution in [0.15, 0.2) is 11.8 Å². The van der Waals surface area contributed by atoms with Gasteiger partial charge < -0.3 is 0 Å². The molecular formula is C8H10BF4N. The van der Waals surface area contributed by atoms with Crippen molar-refractivity contribution in [2.24, 2.45) is 0 Å². The molecule has 0 amide bonds. The van der Waals surface area contributed by atoms with E-state index in [1.807, 2.05) is 0 Å². The van der Waals surface area contributed by atoms with Gasteiger partial charge in [0, 0.05) is 13.1 Å². The second-order valence-electron chi connectivity index (χ2n) is 3.20. The van der Waals surface area contributed by atoms with Gasteiger partial charge in [0.1, 0.15) is 13.7 Å². The molecule has 1 fully saturated rings. The largest absolute Gasteiger partial charge is 0.342 e. The summed E-state index contributed by atoms with van der Waals surface area (Å²) in [6, 6.07) is -3.80. The molecule has 1 nitrogen and oxygen atoms in total. The molecule has 2 radical (unpaired) electrons. The molecule has 0 aliphatic carbocycles. The third-order valence-corrected chi connectivity index (χ3v) is 2.23. The molecule has 14 heavy (non-hydrogen) atoms. The van der Waals surface area contributed by atoms with Crippen LogP contribution in [-0.2, 0) is 0 Å². The first kappa shape index (κ1) is 11.6. The van der Waals surface area contributed by atoms with E-state index < -0.39 is 18.0 Å². The average molecular weight is 207 g/mol. The van der Waals surface area contributed by atoms with Crippen LogP contribution in [0.4, 0.5) is 17.6 Å². The van der Waals surface area contributed by atoms with Crippen LogP contribution < -0.4 is 0 Å². The van der Waals surface area contributed by atoms with Gasteiger partial charge in [0.2, 0.25) is 6.17 Å². The molecule has 1 heterocycles. The summed E-state index contributed by atoms with van der Waals surface area (Å²) in [5, 5.41) is 0. The van der Waals surface area contributed by atoms with Gasteiger partial charge in [-0.05, 0) is 12.8 Å². The van der Waals surface area contributed by atoms with E-state index in [1.54, 1.807) is 0 Å². The summed E-state index contributed by atoms with van der Waals surface area (Å²) < 4.78 is 51.8. The molecule has 0 saturated carbocycles. The van der Waals surface area contributed by atoms with E-state index in [9.17, 15) is 17.6 Å². The fourth-order valence-corrected chi connectivity index (χ4v) is 1.43. The van der Waals surface area contributed by atoms with Crippen molar-refractivity contribution in [1.29, 1.82) is 0 Å². The number of likely N-dealkylation sites (tertiary alicyclic amines) is 1. The maximum Gasteiger partial charge on any atom is 0.342 e. The number of hydrogen-bond acceptors (Lipinski definition) is 1.